The van der Waals surface area contributed by atoms with Crippen LogP contribution in [0.5, 0.6) is 0 Å². The Bertz CT molecular complexity index is 582. The molecule has 134 valence electrons. The molecule has 0 spiro atoms. The molecule has 3 aliphatic rings. The lowest BCUT2D eigenvalue weighted by atomic mass is 9.58. The maximum absolute atomic E-state index is 12.4. The highest BCUT2D eigenvalue weighted by Crippen LogP contribution is 2.53. The first-order valence-electron chi connectivity index (χ1n) is 9.43. The Kier molecular flexibility index (Phi) is 4.92. The molecule has 0 aromatic rings. The van der Waals surface area contributed by atoms with Gasteiger partial charge in [-0.1, -0.05) is 30.6 Å². The summed E-state index contributed by atoms with van der Waals surface area (Å²) >= 11 is 0. The van der Waals surface area contributed by atoms with Crippen LogP contribution in [-0.2, 0) is 14.3 Å². The molecule has 3 aliphatic carbocycles. The van der Waals surface area contributed by atoms with Crippen molar-refractivity contribution in [3.05, 3.63) is 22.3 Å². The van der Waals surface area contributed by atoms with Crippen LogP contribution in [-0.4, -0.2) is 26.3 Å². The molecule has 0 amide bonds. The van der Waals surface area contributed by atoms with Crippen molar-refractivity contribution in [3.8, 4) is 0 Å². The number of fused-ring (bicyclic) bond motifs is 2. The third kappa shape index (κ3) is 2.75. The van der Waals surface area contributed by atoms with Crippen molar-refractivity contribution in [1.82, 2.24) is 0 Å². The van der Waals surface area contributed by atoms with Crippen molar-refractivity contribution in [1.29, 1.82) is 0 Å². The highest BCUT2D eigenvalue weighted by atomic mass is 16.5. The molecule has 0 N–H and O–H groups in total. The van der Waals surface area contributed by atoms with E-state index < -0.39 is 0 Å². The van der Waals surface area contributed by atoms with E-state index in [-0.39, 0.29) is 23.4 Å². The van der Waals surface area contributed by atoms with E-state index in [9.17, 15) is 4.79 Å². The lowest BCUT2D eigenvalue weighted by Crippen LogP contribution is -2.44. The predicted molar refractivity (Wildman–Crippen MR) is 95.6 cm³/mol. The van der Waals surface area contributed by atoms with Gasteiger partial charge in [0.2, 0.25) is 0 Å². The van der Waals surface area contributed by atoms with Gasteiger partial charge in [-0.25, -0.2) is 0 Å². The van der Waals surface area contributed by atoms with Gasteiger partial charge in [0.05, 0.1) is 19.1 Å². The summed E-state index contributed by atoms with van der Waals surface area (Å²) in [5.74, 6) is 0.259. The van der Waals surface area contributed by atoms with Gasteiger partial charge in [0.15, 0.2) is 0 Å². The molecule has 3 atom stereocenters. The number of methoxy groups -OCH3 is 2. The van der Waals surface area contributed by atoms with Crippen LogP contribution in [0.15, 0.2) is 22.3 Å². The number of carbonyl (C=O) groups excluding carboxylic acids is 1. The fraction of sp³-hybridized carbons (Fsp3) is 0.762. The SMILES string of the molecule is COC(=O)[C@H]1CCCC2=C1[C@H](OC)[C@@H]1CCC(C)=C(CC2)C1(C)C. The summed E-state index contributed by atoms with van der Waals surface area (Å²) in [5, 5.41) is 0. The molecule has 0 radical (unpaired) electrons. The minimum Gasteiger partial charge on any atom is -0.469 e. The number of ether oxygens (including phenoxy) is 2. The third-order valence-electron chi connectivity index (χ3n) is 6.89. The molecule has 3 heteroatoms. The van der Waals surface area contributed by atoms with Gasteiger partial charge < -0.3 is 9.47 Å². The first-order chi connectivity index (χ1) is 11.4. The second-order valence-corrected chi connectivity index (χ2v) is 8.31. The van der Waals surface area contributed by atoms with E-state index in [2.05, 4.69) is 20.8 Å². The van der Waals surface area contributed by atoms with Gasteiger partial charge in [-0.15, -0.1) is 0 Å². The summed E-state index contributed by atoms with van der Waals surface area (Å²) in [7, 11) is 3.33. The Balaban J connectivity index is 2.11. The Morgan fingerprint density at radius 3 is 2.50 bits per heavy atom. The third-order valence-corrected chi connectivity index (χ3v) is 6.89. The van der Waals surface area contributed by atoms with E-state index in [1.807, 2.05) is 7.11 Å². The maximum atomic E-state index is 12.4. The first-order valence-corrected chi connectivity index (χ1v) is 9.43. The molecule has 0 aliphatic heterocycles. The smallest absolute Gasteiger partial charge is 0.312 e. The zero-order chi connectivity index (χ0) is 17.5. The van der Waals surface area contributed by atoms with Gasteiger partial charge >= 0.3 is 5.97 Å². The summed E-state index contributed by atoms with van der Waals surface area (Å²) in [4.78, 5) is 12.4. The predicted octanol–water partition coefficient (Wildman–Crippen LogP) is 4.82. The van der Waals surface area contributed by atoms with Crippen LogP contribution in [0.3, 0.4) is 0 Å². The average Bonchev–Trinajstić information content (AvgIpc) is 2.56. The number of allylic oxidation sites excluding steroid dienone is 3. The molecule has 0 saturated heterocycles. The van der Waals surface area contributed by atoms with Crippen molar-refractivity contribution in [3.63, 3.8) is 0 Å². The molecule has 24 heavy (non-hydrogen) atoms. The maximum Gasteiger partial charge on any atom is 0.312 e. The number of hydrogen-bond donors (Lipinski definition) is 0. The van der Waals surface area contributed by atoms with Crippen LogP contribution < -0.4 is 0 Å². The fourth-order valence-corrected chi connectivity index (χ4v) is 5.63. The van der Waals surface area contributed by atoms with E-state index in [0.29, 0.717) is 5.92 Å². The van der Waals surface area contributed by atoms with Crippen LogP contribution in [0, 0.1) is 17.3 Å². The number of carbonyl (C=O) groups is 1. The first kappa shape index (κ1) is 17.7. The van der Waals surface area contributed by atoms with Gasteiger partial charge in [-0.05, 0) is 68.8 Å². The Morgan fingerprint density at radius 2 is 1.83 bits per heavy atom. The molecule has 3 nitrogen and oxygen atoms in total. The normalized spacial score (nSPS) is 32.8. The molecule has 0 fully saturated rings. The van der Waals surface area contributed by atoms with Crippen LogP contribution in [0.2, 0.25) is 0 Å². The van der Waals surface area contributed by atoms with Crippen molar-refractivity contribution >= 4 is 5.97 Å². The van der Waals surface area contributed by atoms with Crippen molar-refractivity contribution in [2.24, 2.45) is 17.3 Å². The molecule has 3 rings (SSSR count). The van der Waals surface area contributed by atoms with Crippen LogP contribution in [0.4, 0.5) is 0 Å². The van der Waals surface area contributed by atoms with Crippen molar-refractivity contribution in [2.75, 3.05) is 14.2 Å². The van der Waals surface area contributed by atoms with Crippen LogP contribution >= 0.6 is 0 Å². The Morgan fingerprint density at radius 1 is 1.08 bits per heavy atom. The van der Waals surface area contributed by atoms with Gasteiger partial charge in [-0.3, -0.25) is 4.79 Å². The molecule has 0 unspecified atom stereocenters. The largest absolute Gasteiger partial charge is 0.469 e. The molecule has 0 aromatic heterocycles. The second kappa shape index (κ2) is 6.67. The van der Waals surface area contributed by atoms with E-state index in [1.165, 1.54) is 18.3 Å². The lowest BCUT2D eigenvalue weighted by molar-refractivity contribution is -0.145. The minimum atomic E-state index is -0.104. The molecule has 0 saturated carbocycles. The van der Waals surface area contributed by atoms with E-state index in [0.717, 1.165) is 44.9 Å². The quantitative estimate of drug-likeness (QED) is 0.537. The Hall–Kier alpha value is -1.09. The summed E-state index contributed by atoms with van der Waals surface area (Å²) < 4.78 is 11.2. The zero-order valence-corrected chi connectivity index (χ0v) is 15.9. The highest BCUT2D eigenvalue weighted by Gasteiger charge is 2.47. The fourth-order valence-electron chi connectivity index (χ4n) is 5.63. The number of esters is 1. The Labute approximate surface area is 146 Å². The lowest BCUT2D eigenvalue weighted by Gasteiger charge is -2.49. The average molecular weight is 332 g/mol. The highest BCUT2D eigenvalue weighted by molar-refractivity contribution is 5.76. The monoisotopic (exact) mass is 332 g/mol. The number of rotatable bonds is 2. The molecular formula is C21H32O3. The summed E-state index contributed by atoms with van der Waals surface area (Å²) in [6, 6.07) is 0. The summed E-state index contributed by atoms with van der Waals surface area (Å²) in [5.41, 5.74) is 6.09. The molecule has 2 bridgehead atoms. The van der Waals surface area contributed by atoms with Crippen LogP contribution in [0.25, 0.3) is 0 Å². The second-order valence-electron chi connectivity index (χ2n) is 8.31. The van der Waals surface area contributed by atoms with E-state index in [4.69, 9.17) is 9.47 Å². The minimum absolute atomic E-state index is 0.0443. The molecular weight excluding hydrogens is 300 g/mol. The van der Waals surface area contributed by atoms with Gasteiger partial charge in [-0.2, -0.15) is 0 Å². The number of hydrogen-bond acceptors (Lipinski definition) is 3. The molecule has 0 aromatic carbocycles. The standard InChI is InChI=1S/C21H32O3/c1-13-9-11-17-19(23-4)18-14(10-12-16(13)21(17,2)3)7-6-8-15(18)20(22)24-5/h15,17,19H,6-12H2,1-5H3/t15-,17-,19+/m0/s1. The van der Waals surface area contributed by atoms with E-state index >= 15 is 0 Å². The van der Waals surface area contributed by atoms with Gasteiger partial charge in [0, 0.05) is 7.11 Å². The van der Waals surface area contributed by atoms with Crippen LogP contribution in [0.1, 0.15) is 65.7 Å². The van der Waals surface area contributed by atoms with Gasteiger partial charge in [0.1, 0.15) is 0 Å². The summed E-state index contributed by atoms with van der Waals surface area (Å²) in [6.07, 6.45) is 7.66. The summed E-state index contributed by atoms with van der Waals surface area (Å²) in [6.45, 7) is 7.07. The van der Waals surface area contributed by atoms with Crippen molar-refractivity contribution in [2.45, 2.75) is 71.8 Å². The van der Waals surface area contributed by atoms with E-state index in [1.54, 1.807) is 11.1 Å². The molecule has 0 heterocycles. The topological polar surface area (TPSA) is 35.5 Å². The van der Waals surface area contributed by atoms with Gasteiger partial charge in [0.25, 0.3) is 0 Å². The zero-order valence-electron chi connectivity index (χ0n) is 15.9. The van der Waals surface area contributed by atoms with Crippen molar-refractivity contribution < 1.29 is 14.3 Å².